The Labute approximate surface area is 208 Å². The fourth-order valence-electron chi connectivity index (χ4n) is 3.91. The summed E-state index contributed by atoms with van der Waals surface area (Å²) < 4.78 is 21.8. The zero-order chi connectivity index (χ0) is 25.1. The summed E-state index contributed by atoms with van der Waals surface area (Å²) in [6.45, 7) is 0. The number of rotatable bonds is 6. The monoisotopic (exact) mass is 478 g/mol. The van der Waals surface area contributed by atoms with Crippen LogP contribution in [0.25, 0.3) is 17.2 Å². The lowest BCUT2D eigenvalue weighted by atomic mass is 10.0. The van der Waals surface area contributed by atoms with E-state index in [2.05, 4.69) is 0 Å². The van der Waals surface area contributed by atoms with Crippen molar-refractivity contribution in [3.63, 3.8) is 0 Å². The quantitative estimate of drug-likeness (QED) is 0.187. The van der Waals surface area contributed by atoms with Crippen LogP contribution in [0.1, 0.15) is 26.3 Å². The lowest BCUT2D eigenvalue weighted by Gasteiger charge is -2.10. The Morgan fingerprint density at radius 3 is 2.22 bits per heavy atom. The zero-order valence-corrected chi connectivity index (χ0v) is 19.7. The van der Waals surface area contributed by atoms with Crippen LogP contribution < -0.4 is 18.9 Å². The Hall–Kier alpha value is -4.84. The van der Waals surface area contributed by atoms with Gasteiger partial charge in [-0.05, 0) is 53.1 Å². The molecule has 0 N–H and O–H groups in total. The zero-order valence-electron chi connectivity index (χ0n) is 19.7. The van der Waals surface area contributed by atoms with Crippen LogP contribution in [0.15, 0.2) is 96.8 Å². The number of fused-ring (bicyclic) bond motifs is 1. The van der Waals surface area contributed by atoms with Gasteiger partial charge in [-0.15, -0.1) is 0 Å². The van der Waals surface area contributed by atoms with E-state index in [0.29, 0.717) is 28.4 Å². The maximum absolute atomic E-state index is 12.8. The number of esters is 1. The SMILES string of the molecule is COc1ccc(C(=O)Oc2ccc3c(c2)OC(=Cc2ccc(-c4ccccc4)cc2)C3=O)cc1OC. The van der Waals surface area contributed by atoms with Crippen molar-refractivity contribution < 1.29 is 28.5 Å². The summed E-state index contributed by atoms with van der Waals surface area (Å²) >= 11 is 0. The van der Waals surface area contributed by atoms with Gasteiger partial charge in [0.25, 0.3) is 0 Å². The molecule has 5 rings (SSSR count). The van der Waals surface area contributed by atoms with Crippen LogP contribution in [0.5, 0.6) is 23.0 Å². The molecule has 1 aliphatic heterocycles. The average molecular weight is 479 g/mol. The number of ketones is 1. The van der Waals surface area contributed by atoms with Gasteiger partial charge in [0.05, 0.1) is 25.3 Å². The predicted molar refractivity (Wildman–Crippen MR) is 136 cm³/mol. The van der Waals surface area contributed by atoms with Crippen molar-refractivity contribution >= 4 is 17.8 Å². The Balaban J connectivity index is 1.32. The van der Waals surface area contributed by atoms with Crippen LogP contribution in [-0.2, 0) is 0 Å². The molecule has 0 fully saturated rings. The molecule has 0 bridgehead atoms. The molecule has 0 aromatic heterocycles. The van der Waals surface area contributed by atoms with Gasteiger partial charge < -0.3 is 18.9 Å². The summed E-state index contributed by atoms with van der Waals surface area (Å²) in [6, 6.07) is 27.4. The molecule has 0 amide bonds. The van der Waals surface area contributed by atoms with Gasteiger partial charge in [0.1, 0.15) is 11.5 Å². The van der Waals surface area contributed by atoms with E-state index in [-0.39, 0.29) is 17.3 Å². The van der Waals surface area contributed by atoms with E-state index in [1.54, 1.807) is 36.4 Å². The first-order valence-corrected chi connectivity index (χ1v) is 11.2. The summed E-state index contributed by atoms with van der Waals surface area (Å²) in [7, 11) is 3.01. The summed E-state index contributed by atoms with van der Waals surface area (Å²) in [6.07, 6.45) is 1.70. The second-order valence-electron chi connectivity index (χ2n) is 8.05. The van der Waals surface area contributed by atoms with E-state index in [1.807, 2.05) is 54.6 Å². The van der Waals surface area contributed by atoms with E-state index < -0.39 is 5.97 Å². The fraction of sp³-hybridized carbons (Fsp3) is 0.0667. The highest BCUT2D eigenvalue weighted by molar-refractivity contribution is 6.14. The minimum absolute atomic E-state index is 0.209. The second-order valence-corrected chi connectivity index (χ2v) is 8.05. The standard InChI is InChI=1S/C30H22O6/c1-33-25-15-12-22(17-27(25)34-2)30(32)35-23-13-14-24-26(18-23)36-28(29(24)31)16-19-8-10-21(11-9-19)20-6-4-3-5-7-20/h3-18H,1-2H3. The maximum atomic E-state index is 12.8. The Bertz CT molecular complexity index is 1470. The van der Waals surface area contributed by atoms with Gasteiger partial charge in [-0.1, -0.05) is 54.6 Å². The first-order chi connectivity index (χ1) is 17.6. The van der Waals surface area contributed by atoms with Gasteiger partial charge in [0.2, 0.25) is 5.78 Å². The van der Waals surface area contributed by atoms with Gasteiger partial charge in [-0.25, -0.2) is 4.79 Å². The molecule has 0 atom stereocenters. The van der Waals surface area contributed by atoms with Crippen molar-refractivity contribution in [3.8, 4) is 34.1 Å². The van der Waals surface area contributed by atoms with Crippen molar-refractivity contribution in [1.82, 2.24) is 0 Å². The molecule has 6 nitrogen and oxygen atoms in total. The van der Waals surface area contributed by atoms with Crippen molar-refractivity contribution in [2.45, 2.75) is 0 Å². The van der Waals surface area contributed by atoms with Crippen molar-refractivity contribution in [2.75, 3.05) is 14.2 Å². The predicted octanol–water partition coefficient (Wildman–Crippen LogP) is 6.21. The molecule has 4 aromatic rings. The van der Waals surface area contributed by atoms with Gasteiger partial charge in [-0.2, -0.15) is 0 Å². The van der Waals surface area contributed by atoms with Crippen LogP contribution >= 0.6 is 0 Å². The number of ether oxygens (including phenoxy) is 4. The summed E-state index contributed by atoms with van der Waals surface area (Å²) in [5.41, 5.74) is 3.75. The number of carbonyl (C=O) groups excluding carboxylic acids is 2. The topological polar surface area (TPSA) is 71.1 Å². The lowest BCUT2D eigenvalue weighted by Crippen LogP contribution is -2.09. The third kappa shape index (κ3) is 4.57. The van der Waals surface area contributed by atoms with Crippen LogP contribution in [0.3, 0.4) is 0 Å². The maximum Gasteiger partial charge on any atom is 0.343 e. The normalized spacial score (nSPS) is 13.2. The van der Waals surface area contributed by atoms with Gasteiger partial charge in [0.15, 0.2) is 17.3 Å². The number of benzene rings is 4. The van der Waals surface area contributed by atoms with Gasteiger partial charge >= 0.3 is 5.97 Å². The molecule has 178 valence electrons. The first kappa shape index (κ1) is 22.9. The smallest absolute Gasteiger partial charge is 0.343 e. The van der Waals surface area contributed by atoms with Crippen molar-refractivity contribution in [3.05, 3.63) is 113 Å². The largest absolute Gasteiger partial charge is 0.493 e. The molecular formula is C30H22O6. The molecule has 1 aliphatic rings. The third-order valence-corrected chi connectivity index (χ3v) is 5.79. The van der Waals surface area contributed by atoms with Crippen molar-refractivity contribution in [2.24, 2.45) is 0 Å². The molecule has 0 spiro atoms. The highest BCUT2D eigenvalue weighted by atomic mass is 16.5. The minimum atomic E-state index is -0.575. The molecule has 0 radical (unpaired) electrons. The molecule has 0 aliphatic carbocycles. The molecule has 0 saturated heterocycles. The highest BCUT2D eigenvalue weighted by Crippen LogP contribution is 2.35. The van der Waals surface area contributed by atoms with Crippen LogP contribution in [-0.4, -0.2) is 26.0 Å². The van der Waals surface area contributed by atoms with E-state index in [4.69, 9.17) is 18.9 Å². The molecule has 1 heterocycles. The molecule has 0 saturated carbocycles. The van der Waals surface area contributed by atoms with E-state index in [1.165, 1.54) is 20.3 Å². The number of methoxy groups -OCH3 is 2. The number of Topliss-reactive ketones (excluding diaryl/α,β-unsaturated/α-hetero) is 1. The van der Waals surface area contributed by atoms with E-state index >= 15 is 0 Å². The number of allylic oxidation sites excluding steroid dienone is 1. The molecule has 36 heavy (non-hydrogen) atoms. The Morgan fingerprint density at radius 2 is 1.50 bits per heavy atom. The molecule has 6 heteroatoms. The summed E-state index contributed by atoms with van der Waals surface area (Å²) in [5, 5.41) is 0. The minimum Gasteiger partial charge on any atom is -0.493 e. The van der Waals surface area contributed by atoms with Gasteiger partial charge in [0, 0.05) is 6.07 Å². The average Bonchev–Trinajstić information content (AvgIpc) is 3.23. The third-order valence-electron chi connectivity index (χ3n) is 5.79. The second kappa shape index (κ2) is 9.80. The highest BCUT2D eigenvalue weighted by Gasteiger charge is 2.28. The molecule has 4 aromatic carbocycles. The van der Waals surface area contributed by atoms with Crippen LogP contribution in [0.2, 0.25) is 0 Å². The Morgan fingerprint density at radius 1 is 0.778 bits per heavy atom. The van der Waals surface area contributed by atoms with Crippen LogP contribution in [0.4, 0.5) is 0 Å². The van der Waals surface area contributed by atoms with Gasteiger partial charge in [-0.3, -0.25) is 4.79 Å². The van der Waals surface area contributed by atoms with E-state index in [0.717, 1.165) is 16.7 Å². The lowest BCUT2D eigenvalue weighted by molar-refractivity contribution is 0.0734. The van der Waals surface area contributed by atoms with Crippen LogP contribution in [0, 0.1) is 0 Å². The summed E-state index contributed by atoms with van der Waals surface area (Å²) in [5.74, 6) is 0.929. The number of hydrogen-bond acceptors (Lipinski definition) is 6. The number of carbonyl (C=O) groups is 2. The van der Waals surface area contributed by atoms with Crippen molar-refractivity contribution in [1.29, 1.82) is 0 Å². The number of hydrogen-bond donors (Lipinski definition) is 0. The molecular weight excluding hydrogens is 456 g/mol. The molecule has 0 unspecified atom stereocenters. The van der Waals surface area contributed by atoms with E-state index in [9.17, 15) is 9.59 Å². The fourth-order valence-corrected chi connectivity index (χ4v) is 3.91. The summed E-state index contributed by atoms with van der Waals surface area (Å²) in [4.78, 5) is 25.5. The Kier molecular flexibility index (Phi) is 6.24. The first-order valence-electron chi connectivity index (χ1n) is 11.2.